The minimum atomic E-state index is 0.263. The fraction of sp³-hybridized carbons (Fsp3) is 0.692. The Labute approximate surface area is 94.4 Å². The summed E-state index contributed by atoms with van der Waals surface area (Å²) in [5.41, 5.74) is 0. The van der Waals surface area contributed by atoms with E-state index in [-0.39, 0.29) is 6.10 Å². The maximum absolute atomic E-state index is 5.76. The lowest BCUT2D eigenvalue weighted by molar-refractivity contribution is 0.101. The van der Waals surface area contributed by atoms with Gasteiger partial charge in [-0.2, -0.15) is 0 Å². The topological polar surface area (TPSA) is 21.3 Å². The summed E-state index contributed by atoms with van der Waals surface area (Å²) in [6, 6.07) is 0. The van der Waals surface area contributed by atoms with Crippen LogP contribution in [0, 0.1) is 5.92 Å². The van der Waals surface area contributed by atoms with Gasteiger partial charge in [-0.3, -0.25) is 0 Å². The monoisotopic (exact) mass is 211 g/mol. The van der Waals surface area contributed by atoms with Gasteiger partial charge >= 0.3 is 0 Å². The standard InChI is InChI=1S/C13H25NO/c1-6-7-8-9-13(14-5)15-12(4)10-11(2)3/h7-9,11-12,14H,6,10H2,1-5H3/b8-7-,13-9+/t12-/m0/s1. The molecule has 0 saturated carbocycles. The van der Waals surface area contributed by atoms with Gasteiger partial charge in [0.1, 0.15) is 0 Å². The number of rotatable bonds is 7. The van der Waals surface area contributed by atoms with Crippen LogP contribution in [0.1, 0.15) is 40.5 Å². The third-order valence-electron chi connectivity index (χ3n) is 2.00. The van der Waals surface area contributed by atoms with E-state index in [1.165, 1.54) is 0 Å². The van der Waals surface area contributed by atoms with E-state index >= 15 is 0 Å². The van der Waals surface area contributed by atoms with Crippen molar-refractivity contribution in [1.82, 2.24) is 5.32 Å². The summed E-state index contributed by atoms with van der Waals surface area (Å²) in [6.07, 6.45) is 8.49. The zero-order valence-electron chi connectivity index (χ0n) is 10.7. The van der Waals surface area contributed by atoms with Crippen LogP contribution in [-0.4, -0.2) is 13.2 Å². The van der Waals surface area contributed by atoms with Crippen LogP contribution in [-0.2, 0) is 4.74 Å². The average Bonchev–Trinajstić information content (AvgIpc) is 2.15. The van der Waals surface area contributed by atoms with Crippen molar-refractivity contribution in [2.75, 3.05) is 7.05 Å². The summed E-state index contributed by atoms with van der Waals surface area (Å²) in [6.45, 7) is 8.64. The molecule has 88 valence electrons. The quantitative estimate of drug-likeness (QED) is 0.514. The Balaban J connectivity index is 4.08. The highest BCUT2D eigenvalue weighted by atomic mass is 16.5. The second kappa shape index (κ2) is 8.39. The smallest absolute Gasteiger partial charge is 0.186 e. The van der Waals surface area contributed by atoms with E-state index in [4.69, 9.17) is 4.74 Å². The molecule has 0 radical (unpaired) electrons. The summed E-state index contributed by atoms with van der Waals surface area (Å²) >= 11 is 0. The Morgan fingerprint density at radius 3 is 2.47 bits per heavy atom. The minimum absolute atomic E-state index is 0.263. The van der Waals surface area contributed by atoms with Gasteiger partial charge in [0.15, 0.2) is 5.88 Å². The molecule has 2 nitrogen and oxygen atoms in total. The van der Waals surface area contributed by atoms with Gasteiger partial charge in [-0.05, 0) is 31.8 Å². The fourth-order valence-corrected chi connectivity index (χ4v) is 1.40. The van der Waals surface area contributed by atoms with Crippen LogP contribution in [0.15, 0.2) is 24.1 Å². The first kappa shape index (κ1) is 14.1. The van der Waals surface area contributed by atoms with Crippen molar-refractivity contribution >= 4 is 0 Å². The molecular formula is C13H25NO. The second-order valence-corrected chi connectivity index (χ2v) is 4.18. The normalized spacial score (nSPS) is 14.7. The molecule has 0 rings (SSSR count). The van der Waals surface area contributed by atoms with Crippen LogP contribution in [0.4, 0.5) is 0 Å². The molecule has 2 heteroatoms. The van der Waals surface area contributed by atoms with Crippen molar-refractivity contribution < 1.29 is 4.74 Å². The first-order valence-corrected chi connectivity index (χ1v) is 5.81. The van der Waals surface area contributed by atoms with Gasteiger partial charge in [-0.15, -0.1) is 0 Å². The highest BCUT2D eigenvalue weighted by Crippen LogP contribution is 2.10. The molecule has 0 aliphatic carbocycles. The molecule has 0 aromatic carbocycles. The molecule has 0 aromatic heterocycles. The maximum atomic E-state index is 5.76. The number of allylic oxidation sites excluding steroid dienone is 3. The van der Waals surface area contributed by atoms with E-state index in [2.05, 4.69) is 39.1 Å². The Kier molecular flexibility index (Phi) is 7.88. The fourth-order valence-electron chi connectivity index (χ4n) is 1.40. The van der Waals surface area contributed by atoms with E-state index in [0.717, 1.165) is 18.7 Å². The first-order valence-electron chi connectivity index (χ1n) is 5.81. The molecule has 0 saturated heterocycles. The molecule has 0 aliphatic rings. The predicted molar refractivity (Wildman–Crippen MR) is 66.6 cm³/mol. The lowest BCUT2D eigenvalue weighted by Crippen LogP contribution is -2.17. The Morgan fingerprint density at radius 2 is 2.00 bits per heavy atom. The first-order chi connectivity index (χ1) is 7.10. The van der Waals surface area contributed by atoms with Gasteiger partial charge in [0, 0.05) is 7.05 Å². The number of nitrogens with one attached hydrogen (secondary N) is 1. The van der Waals surface area contributed by atoms with E-state index < -0.39 is 0 Å². The lowest BCUT2D eigenvalue weighted by atomic mass is 10.1. The van der Waals surface area contributed by atoms with E-state index in [9.17, 15) is 0 Å². The second-order valence-electron chi connectivity index (χ2n) is 4.18. The lowest BCUT2D eigenvalue weighted by Gasteiger charge is -2.18. The summed E-state index contributed by atoms with van der Waals surface area (Å²) < 4.78 is 5.76. The van der Waals surface area contributed by atoms with Gasteiger partial charge in [-0.1, -0.05) is 32.9 Å². The highest BCUT2D eigenvalue weighted by Gasteiger charge is 2.06. The molecule has 0 heterocycles. The highest BCUT2D eigenvalue weighted by molar-refractivity contribution is 5.06. The Bertz CT molecular complexity index is 207. The summed E-state index contributed by atoms with van der Waals surface area (Å²) in [5.74, 6) is 1.51. The van der Waals surface area contributed by atoms with E-state index in [1.807, 2.05) is 19.2 Å². The molecule has 1 N–H and O–H groups in total. The average molecular weight is 211 g/mol. The van der Waals surface area contributed by atoms with Gasteiger partial charge in [0.25, 0.3) is 0 Å². The molecule has 15 heavy (non-hydrogen) atoms. The van der Waals surface area contributed by atoms with Crippen molar-refractivity contribution in [3.8, 4) is 0 Å². The predicted octanol–water partition coefficient (Wildman–Crippen LogP) is 3.46. The molecule has 0 spiro atoms. The largest absolute Gasteiger partial charge is 0.476 e. The van der Waals surface area contributed by atoms with Crippen LogP contribution in [0.3, 0.4) is 0 Å². The number of hydrogen-bond donors (Lipinski definition) is 1. The molecule has 0 fully saturated rings. The third kappa shape index (κ3) is 8.10. The van der Waals surface area contributed by atoms with E-state index in [0.29, 0.717) is 5.92 Å². The number of ether oxygens (including phenoxy) is 1. The SMILES string of the molecule is CC/C=C\C=C(/NC)O[C@@H](C)CC(C)C. The van der Waals surface area contributed by atoms with Gasteiger partial charge in [0.05, 0.1) is 6.10 Å². The Morgan fingerprint density at radius 1 is 1.33 bits per heavy atom. The Hall–Kier alpha value is -0.920. The minimum Gasteiger partial charge on any atom is -0.476 e. The zero-order chi connectivity index (χ0) is 11.7. The number of hydrogen-bond acceptors (Lipinski definition) is 2. The molecule has 0 unspecified atom stereocenters. The summed E-state index contributed by atoms with van der Waals surface area (Å²) in [5, 5.41) is 3.05. The molecule has 0 amide bonds. The third-order valence-corrected chi connectivity index (χ3v) is 2.00. The van der Waals surface area contributed by atoms with Gasteiger partial charge in [0.2, 0.25) is 0 Å². The van der Waals surface area contributed by atoms with Crippen LogP contribution >= 0.6 is 0 Å². The molecule has 1 atom stereocenters. The van der Waals surface area contributed by atoms with Gasteiger partial charge < -0.3 is 10.1 Å². The van der Waals surface area contributed by atoms with Crippen molar-refractivity contribution in [3.63, 3.8) is 0 Å². The van der Waals surface area contributed by atoms with Crippen LogP contribution in [0.5, 0.6) is 0 Å². The van der Waals surface area contributed by atoms with Crippen molar-refractivity contribution in [1.29, 1.82) is 0 Å². The summed E-state index contributed by atoms with van der Waals surface area (Å²) in [4.78, 5) is 0. The van der Waals surface area contributed by atoms with Crippen molar-refractivity contribution in [2.24, 2.45) is 5.92 Å². The van der Waals surface area contributed by atoms with Crippen LogP contribution < -0.4 is 5.32 Å². The molecule has 0 bridgehead atoms. The summed E-state index contributed by atoms with van der Waals surface area (Å²) in [7, 11) is 1.88. The molecule has 0 aromatic rings. The van der Waals surface area contributed by atoms with Crippen molar-refractivity contribution in [3.05, 3.63) is 24.1 Å². The molecule has 0 aliphatic heterocycles. The van der Waals surface area contributed by atoms with Gasteiger partial charge in [-0.25, -0.2) is 0 Å². The molecular weight excluding hydrogens is 186 g/mol. The zero-order valence-corrected chi connectivity index (χ0v) is 10.7. The van der Waals surface area contributed by atoms with Crippen LogP contribution in [0.25, 0.3) is 0 Å². The van der Waals surface area contributed by atoms with Crippen molar-refractivity contribution in [2.45, 2.75) is 46.6 Å². The van der Waals surface area contributed by atoms with E-state index in [1.54, 1.807) is 0 Å². The maximum Gasteiger partial charge on any atom is 0.186 e. The van der Waals surface area contributed by atoms with Crippen LogP contribution in [0.2, 0.25) is 0 Å².